The van der Waals surface area contributed by atoms with Crippen molar-refractivity contribution in [3.8, 4) is 34.1 Å². The predicted molar refractivity (Wildman–Crippen MR) is 147 cm³/mol. The molecular formula is C26H35N9O4. The van der Waals surface area contributed by atoms with Crippen molar-refractivity contribution in [2.45, 2.75) is 32.9 Å². The molecule has 3 N–H and O–H groups in total. The number of hydrogen-bond acceptors (Lipinski definition) is 10. The van der Waals surface area contributed by atoms with Crippen LogP contribution in [0.25, 0.3) is 22.5 Å². The smallest absolute Gasteiger partial charge is 0.277 e. The molecule has 0 aliphatic heterocycles. The van der Waals surface area contributed by atoms with Crippen LogP contribution in [0.2, 0.25) is 0 Å². The standard InChI is InChI=1S/C26H35N9O4/c1-6-38-26-19(15-30-35(26)11-10-33(3)4)18-14-28-23(13-21(18)39-17(2)8-12-36)31-22-7-9-27-24(32-22)20-16-29-34(5)25(20)37/h7,9,13-17,29,36H,6,8,10-12H2,1-5H3,(H,27,28,31,32)/t17-/m0/s1. The van der Waals surface area contributed by atoms with Gasteiger partial charge in [0.15, 0.2) is 5.82 Å². The highest BCUT2D eigenvalue weighted by atomic mass is 16.5. The van der Waals surface area contributed by atoms with E-state index in [4.69, 9.17) is 9.47 Å². The summed E-state index contributed by atoms with van der Waals surface area (Å²) >= 11 is 0. The lowest BCUT2D eigenvalue weighted by molar-refractivity contribution is 0.169. The van der Waals surface area contributed by atoms with Crippen LogP contribution >= 0.6 is 0 Å². The van der Waals surface area contributed by atoms with Crippen LogP contribution in [0, 0.1) is 0 Å². The summed E-state index contributed by atoms with van der Waals surface area (Å²) in [7, 11) is 5.64. The summed E-state index contributed by atoms with van der Waals surface area (Å²) in [5.74, 6) is 2.42. The van der Waals surface area contributed by atoms with Gasteiger partial charge in [-0.05, 0) is 34.0 Å². The van der Waals surface area contributed by atoms with E-state index in [-0.39, 0.29) is 24.1 Å². The van der Waals surface area contributed by atoms with Crippen LogP contribution < -0.4 is 20.3 Å². The number of aromatic amines is 1. The zero-order valence-corrected chi connectivity index (χ0v) is 22.9. The second-order valence-electron chi connectivity index (χ2n) is 9.27. The number of hydrogen-bond donors (Lipinski definition) is 3. The molecule has 0 aliphatic carbocycles. The zero-order valence-electron chi connectivity index (χ0n) is 22.9. The molecule has 0 spiro atoms. The number of aliphatic hydroxyl groups excluding tert-OH is 1. The summed E-state index contributed by atoms with van der Waals surface area (Å²) in [5.41, 5.74) is 1.61. The van der Waals surface area contributed by atoms with Crippen molar-refractivity contribution in [3.63, 3.8) is 0 Å². The second-order valence-corrected chi connectivity index (χ2v) is 9.27. The molecule has 39 heavy (non-hydrogen) atoms. The SMILES string of the molecule is CCOc1c(-c2cnc(Nc3ccnc(-c4c[nH]n(C)c4=O)n3)cc2O[C@@H](C)CCO)cnn1CCN(C)C. The Bertz CT molecular complexity index is 1440. The average molecular weight is 538 g/mol. The fourth-order valence-electron chi connectivity index (χ4n) is 3.88. The number of rotatable bonds is 13. The van der Waals surface area contributed by atoms with Gasteiger partial charge in [-0.2, -0.15) is 5.10 Å². The fraction of sp³-hybridized carbons (Fsp3) is 0.423. The highest BCUT2D eigenvalue weighted by molar-refractivity contribution is 5.75. The van der Waals surface area contributed by atoms with Gasteiger partial charge in [0.1, 0.15) is 22.9 Å². The third-order valence-electron chi connectivity index (χ3n) is 5.94. The first-order valence-corrected chi connectivity index (χ1v) is 12.8. The largest absolute Gasteiger partial charge is 0.490 e. The molecule has 0 aromatic carbocycles. The number of aromatic nitrogens is 7. The number of anilines is 2. The predicted octanol–water partition coefficient (Wildman–Crippen LogP) is 2.28. The first-order valence-electron chi connectivity index (χ1n) is 12.8. The molecule has 0 saturated carbocycles. The minimum Gasteiger partial charge on any atom is -0.490 e. The maximum absolute atomic E-state index is 12.3. The van der Waals surface area contributed by atoms with E-state index in [1.54, 1.807) is 44.0 Å². The second kappa shape index (κ2) is 12.5. The highest BCUT2D eigenvalue weighted by Gasteiger charge is 2.20. The third-order valence-corrected chi connectivity index (χ3v) is 5.94. The van der Waals surface area contributed by atoms with Crippen LogP contribution in [0.3, 0.4) is 0 Å². The number of nitrogens with one attached hydrogen (secondary N) is 2. The summed E-state index contributed by atoms with van der Waals surface area (Å²) in [6.07, 6.45) is 6.80. The molecule has 4 rings (SSSR count). The molecule has 13 nitrogen and oxygen atoms in total. The Morgan fingerprint density at radius 1 is 1.18 bits per heavy atom. The third kappa shape index (κ3) is 6.62. The van der Waals surface area contributed by atoms with E-state index < -0.39 is 0 Å². The molecule has 0 unspecified atom stereocenters. The van der Waals surface area contributed by atoms with Crippen molar-refractivity contribution < 1.29 is 14.6 Å². The summed E-state index contributed by atoms with van der Waals surface area (Å²) in [6, 6.07) is 3.46. The lowest BCUT2D eigenvalue weighted by Crippen LogP contribution is -2.19. The molecule has 1 atom stereocenters. The van der Waals surface area contributed by atoms with Crippen molar-refractivity contribution in [2.24, 2.45) is 7.05 Å². The quantitative estimate of drug-likeness (QED) is 0.232. The number of aryl methyl sites for hydroxylation is 1. The monoisotopic (exact) mass is 537 g/mol. The Balaban J connectivity index is 1.69. The Morgan fingerprint density at radius 2 is 2.00 bits per heavy atom. The van der Waals surface area contributed by atoms with E-state index in [1.807, 2.05) is 32.6 Å². The Hall–Kier alpha value is -4.23. The highest BCUT2D eigenvalue weighted by Crippen LogP contribution is 2.38. The number of pyridine rings is 1. The van der Waals surface area contributed by atoms with E-state index in [1.165, 1.54) is 4.68 Å². The Morgan fingerprint density at radius 3 is 2.69 bits per heavy atom. The molecule has 4 heterocycles. The van der Waals surface area contributed by atoms with E-state index in [2.05, 4.69) is 35.4 Å². The van der Waals surface area contributed by atoms with Gasteiger partial charge in [0, 0.05) is 56.8 Å². The molecule has 0 saturated heterocycles. The van der Waals surface area contributed by atoms with Gasteiger partial charge < -0.3 is 29.9 Å². The van der Waals surface area contributed by atoms with Crippen molar-refractivity contribution in [1.82, 2.24) is 39.4 Å². The van der Waals surface area contributed by atoms with E-state index in [9.17, 15) is 9.90 Å². The summed E-state index contributed by atoms with van der Waals surface area (Å²) in [5, 5.41) is 20.0. The maximum Gasteiger partial charge on any atom is 0.277 e. The van der Waals surface area contributed by atoms with Crippen molar-refractivity contribution in [1.29, 1.82) is 0 Å². The molecule has 0 radical (unpaired) electrons. The van der Waals surface area contributed by atoms with Gasteiger partial charge in [0.2, 0.25) is 5.88 Å². The number of aliphatic hydroxyl groups is 1. The Labute approximate surface area is 226 Å². The van der Waals surface area contributed by atoms with Gasteiger partial charge in [0.05, 0.1) is 31.0 Å². The van der Waals surface area contributed by atoms with Gasteiger partial charge in [-0.1, -0.05) is 0 Å². The van der Waals surface area contributed by atoms with Crippen LogP contribution in [0.1, 0.15) is 20.3 Å². The topological polar surface area (TPSA) is 148 Å². The van der Waals surface area contributed by atoms with Crippen molar-refractivity contribution in [3.05, 3.63) is 47.3 Å². The van der Waals surface area contributed by atoms with Crippen LogP contribution in [0.5, 0.6) is 11.6 Å². The normalized spacial score (nSPS) is 12.1. The van der Waals surface area contributed by atoms with Crippen LogP contribution in [-0.4, -0.2) is 84.5 Å². The van der Waals surface area contributed by atoms with Crippen molar-refractivity contribution in [2.75, 3.05) is 39.2 Å². The molecule has 4 aromatic rings. The maximum atomic E-state index is 12.3. The molecule has 4 aromatic heterocycles. The van der Waals surface area contributed by atoms with Gasteiger partial charge >= 0.3 is 0 Å². The van der Waals surface area contributed by atoms with Gasteiger partial charge in [-0.3, -0.25) is 9.48 Å². The number of likely N-dealkylation sites (N-methyl/N-ethyl adjacent to an activating group) is 1. The summed E-state index contributed by atoms with van der Waals surface area (Å²) in [4.78, 5) is 27.7. The summed E-state index contributed by atoms with van der Waals surface area (Å²) < 4.78 is 15.4. The molecule has 0 fully saturated rings. The lowest BCUT2D eigenvalue weighted by atomic mass is 10.1. The first kappa shape index (κ1) is 27.8. The van der Waals surface area contributed by atoms with Crippen LogP contribution in [0.15, 0.2) is 41.7 Å². The van der Waals surface area contributed by atoms with E-state index in [0.717, 1.165) is 12.1 Å². The van der Waals surface area contributed by atoms with Crippen molar-refractivity contribution >= 4 is 11.6 Å². The number of nitrogens with zero attached hydrogens (tertiary/aromatic N) is 7. The lowest BCUT2D eigenvalue weighted by Gasteiger charge is -2.18. The fourth-order valence-corrected chi connectivity index (χ4v) is 3.88. The zero-order chi connectivity index (χ0) is 27.9. The van der Waals surface area contributed by atoms with E-state index >= 15 is 0 Å². The Kier molecular flexibility index (Phi) is 8.94. The van der Waals surface area contributed by atoms with Crippen LogP contribution in [0.4, 0.5) is 11.6 Å². The molecule has 208 valence electrons. The molecule has 13 heteroatoms. The molecular weight excluding hydrogens is 502 g/mol. The number of H-pyrrole nitrogens is 1. The van der Waals surface area contributed by atoms with Gasteiger partial charge in [-0.25, -0.2) is 19.6 Å². The minimum absolute atomic E-state index is 0.00167. The molecule has 0 amide bonds. The minimum atomic E-state index is -0.251. The first-order chi connectivity index (χ1) is 18.8. The number of ether oxygens (including phenoxy) is 2. The average Bonchev–Trinajstić information content (AvgIpc) is 3.46. The van der Waals surface area contributed by atoms with E-state index in [0.29, 0.717) is 54.0 Å². The van der Waals surface area contributed by atoms with Gasteiger partial charge in [-0.15, -0.1) is 0 Å². The van der Waals surface area contributed by atoms with Gasteiger partial charge in [0.25, 0.3) is 5.56 Å². The molecule has 0 bridgehead atoms. The van der Waals surface area contributed by atoms with Crippen LogP contribution in [-0.2, 0) is 13.6 Å². The summed E-state index contributed by atoms with van der Waals surface area (Å²) in [6.45, 7) is 5.76. The molecule has 0 aliphatic rings.